The van der Waals surface area contributed by atoms with Gasteiger partial charge in [-0.25, -0.2) is 0 Å². The van der Waals surface area contributed by atoms with Gasteiger partial charge in [0.2, 0.25) is 0 Å². The predicted molar refractivity (Wildman–Crippen MR) is 56.4 cm³/mol. The quantitative estimate of drug-likeness (QED) is 0.639. The van der Waals surface area contributed by atoms with Crippen LogP contribution in [0.15, 0.2) is 0 Å². The predicted octanol–water partition coefficient (Wildman–Crippen LogP) is 3.20. The maximum absolute atomic E-state index is 3.62. The van der Waals surface area contributed by atoms with E-state index in [0.29, 0.717) is 0 Å². The van der Waals surface area contributed by atoms with Gasteiger partial charge in [-0.2, -0.15) is 0 Å². The van der Waals surface area contributed by atoms with Crippen molar-refractivity contribution in [2.24, 2.45) is 5.92 Å². The van der Waals surface area contributed by atoms with Crippen LogP contribution in [0.4, 0.5) is 0 Å². The summed E-state index contributed by atoms with van der Waals surface area (Å²) in [6.07, 6.45) is 4.16. The highest BCUT2D eigenvalue weighted by molar-refractivity contribution is 4.79. The molecule has 1 aliphatic heterocycles. The summed E-state index contributed by atoms with van der Waals surface area (Å²) in [6, 6.07) is 1.53. The van der Waals surface area contributed by atoms with Gasteiger partial charge in [0, 0.05) is 12.1 Å². The Bertz CT molecular complexity index is 99.2. The monoisotopic (exact) mass is 171 g/mol. The molecule has 0 amide bonds. The lowest BCUT2D eigenvalue weighted by atomic mass is 9.92. The highest BCUT2D eigenvalue weighted by Gasteiger charge is 2.19. The summed E-state index contributed by atoms with van der Waals surface area (Å²) in [5, 5.41) is 3.62. The normalized spacial score (nSPS) is 29.5. The third kappa shape index (κ3) is 4.10. The molecule has 1 aliphatic rings. The van der Waals surface area contributed by atoms with Crippen molar-refractivity contribution in [1.82, 2.24) is 5.32 Å². The number of hydrogen-bond donors (Lipinski definition) is 1. The Morgan fingerprint density at radius 1 is 1.17 bits per heavy atom. The average molecular weight is 171 g/mol. The lowest BCUT2D eigenvalue weighted by Crippen LogP contribution is -2.43. The van der Waals surface area contributed by atoms with E-state index in [4.69, 9.17) is 0 Å². The molecular formula is C11H25N. The van der Waals surface area contributed by atoms with Crippen molar-refractivity contribution in [1.29, 1.82) is 0 Å². The van der Waals surface area contributed by atoms with Crippen molar-refractivity contribution in [2.45, 2.75) is 66.0 Å². The number of rotatable bonds is 1. The summed E-state index contributed by atoms with van der Waals surface area (Å²) in [4.78, 5) is 0. The Morgan fingerprint density at radius 2 is 1.75 bits per heavy atom. The van der Waals surface area contributed by atoms with Gasteiger partial charge in [-0.1, -0.05) is 34.1 Å². The van der Waals surface area contributed by atoms with Gasteiger partial charge in [0.05, 0.1) is 0 Å². The van der Waals surface area contributed by atoms with Crippen LogP contribution in [0.2, 0.25) is 0 Å². The van der Waals surface area contributed by atoms with Crippen LogP contribution in [0.1, 0.15) is 53.9 Å². The first kappa shape index (κ1) is 12.0. The Hall–Kier alpha value is -0.0400. The summed E-state index contributed by atoms with van der Waals surface area (Å²) in [6.45, 7) is 10.9. The molecule has 1 nitrogen and oxygen atoms in total. The second-order valence-corrected chi connectivity index (χ2v) is 3.85. The Morgan fingerprint density at radius 3 is 2.08 bits per heavy atom. The van der Waals surface area contributed by atoms with Crippen molar-refractivity contribution in [3.05, 3.63) is 0 Å². The molecule has 1 N–H and O–H groups in total. The van der Waals surface area contributed by atoms with Gasteiger partial charge < -0.3 is 5.32 Å². The maximum atomic E-state index is 3.62. The summed E-state index contributed by atoms with van der Waals surface area (Å²) < 4.78 is 0. The molecule has 1 heteroatoms. The van der Waals surface area contributed by atoms with Crippen LogP contribution in [0.25, 0.3) is 0 Å². The van der Waals surface area contributed by atoms with Crippen molar-refractivity contribution in [3.8, 4) is 0 Å². The third-order valence-corrected chi connectivity index (χ3v) is 2.46. The first-order valence-electron chi connectivity index (χ1n) is 5.46. The fourth-order valence-corrected chi connectivity index (χ4v) is 1.70. The molecule has 1 fully saturated rings. The van der Waals surface area contributed by atoms with Crippen LogP contribution >= 0.6 is 0 Å². The Labute approximate surface area is 77.9 Å². The SMILES string of the molecule is CC.CC1CCCC(C(C)C)N1. The Kier molecular flexibility index (Phi) is 6.45. The van der Waals surface area contributed by atoms with Crippen LogP contribution in [-0.2, 0) is 0 Å². The molecule has 2 unspecified atom stereocenters. The lowest BCUT2D eigenvalue weighted by Gasteiger charge is -2.31. The zero-order chi connectivity index (χ0) is 9.56. The smallest absolute Gasteiger partial charge is 0.00925 e. The second-order valence-electron chi connectivity index (χ2n) is 3.85. The van der Waals surface area contributed by atoms with E-state index in [2.05, 4.69) is 26.1 Å². The van der Waals surface area contributed by atoms with Crippen LogP contribution in [-0.4, -0.2) is 12.1 Å². The largest absolute Gasteiger partial charge is 0.311 e. The molecule has 0 saturated carbocycles. The molecular weight excluding hydrogens is 146 g/mol. The molecule has 1 saturated heterocycles. The Balaban J connectivity index is 0.000000561. The van der Waals surface area contributed by atoms with Crippen LogP contribution in [0.3, 0.4) is 0 Å². The summed E-state index contributed by atoms with van der Waals surface area (Å²) in [7, 11) is 0. The fraction of sp³-hybridized carbons (Fsp3) is 1.00. The standard InChI is InChI=1S/C9H19N.C2H6/c1-7(2)9-6-4-5-8(3)10-9;1-2/h7-10H,4-6H2,1-3H3;1-2H3. The first-order chi connectivity index (χ1) is 5.70. The fourth-order valence-electron chi connectivity index (χ4n) is 1.70. The van der Waals surface area contributed by atoms with Gasteiger partial charge in [-0.3, -0.25) is 0 Å². The number of hydrogen-bond acceptors (Lipinski definition) is 1. The van der Waals surface area contributed by atoms with Gasteiger partial charge >= 0.3 is 0 Å². The molecule has 0 spiro atoms. The van der Waals surface area contributed by atoms with E-state index < -0.39 is 0 Å². The van der Waals surface area contributed by atoms with Crippen molar-refractivity contribution in [2.75, 3.05) is 0 Å². The first-order valence-corrected chi connectivity index (χ1v) is 5.46. The molecule has 1 heterocycles. The average Bonchev–Trinajstić information content (AvgIpc) is 2.08. The lowest BCUT2D eigenvalue weighted by molar-refractivity contribution is 0.279. The maximum Gasteiger partial charge on any atom is 0.00925 e. The number of nitrogens with one attached hydrogen (secondary N) is 1. The summed E-state index contributed by atoms with van der Waals surface area (Å²) in [5.74, 6) is 0.808. The van der Waals surface area contributed by atoms with E-state index in [9.17, 15) is 0 Å². The topological polar surface area (TPSA) is 12.0 Å². The zero-order valence-electron chi connectivity index (χ0n) is 9.35. The van der Waals surface area contributed by atoms with E-state index in [1.165, 1.54) is 19.3 Å². The molecule has 0 radical (unpaired) electrons. The van der Waals surface area contributed by atoms with E-state index >= 15 is 0 Å². The van der Waals surface area contributed by atoms with E-state index in [-0.39, 0.29) is 0 Å². The molecule has 0 aromatic carbocycles. The zero-order valence-corrected chi connectivity index (χ0v) is 9.35. The van der Waals surface area contributed by atoms with Crippen LogP contribution in [0, 0.1) is 5.92 Å². The molecule has 0 bridgehead atoms. The van der Waals surface area contributed by atoms with Crippen molar-refractivity contribution in [3.63, 3.8) is 0 Å². The van der Waals surface area contributed by atoms with Gasteiger partial charge in [-0.15, -0.1) is 0 Å². The van der Waals surface area contributed by atoms with Crippen molar-refractivity contribution < 1.29 is 0 Å². The van der Waals surface area contributed by atoms with E-state index in [1.54, 1.807) is 0 Å². The van der Waals surface area contributed by atoms with Crippen LogP contribution in [0.5, 0.6) is 0 Å². The van der Waals surface area contributed by atoms with Gasteiger partial charge in [0.15, 0.2) is 0 Å². The van der Waals surface area contributed by atoms with E-state index in [1.807, 2.05) is 13.8 Å². The minimum absolute atomic E-state index is 0.751. The molecule has 0 aromatic heterocycles. The van der Waals surface area contributed by atoms with Crippen molar-refractivity contribution >= 4 is 0 Å². The van der Waals surface area contributed by atoms with Gasteiger partial charge in [0.1, 0.15) is 0 Å². The van der Waals surface area contributed by atoms with Crippen LogP contribution < -0.4 is 5.32 Å². The molecule has 0 aromatic rings. The van der Waals surface area contributed by atoms with E-state index in [0.717, 1.165) is 18.0 Å². The highest BCUT2D eigenvalue weighted by atomic mass is 15.0. The molecule has 2 atom stereocenters. The van der Waals surface area contributed by atoms with Gasteiger partial charge in [0.25, 0.3) is 0 Å². The third-order valence-electron chi connectivity index (χ3n) is 2.46. The molecule has 74 valence electrons. The molecule has 12 heavy (non-hydrogen) atoms. The summed E-state index contributed by atoms with van der Waals surface area (Å²) in [5.41, 5.74) is 0. The second kappa shape index (κ2) is 6.47. The van der Waals surface area contributed by atoms with Gasteiger partial charge in [-0.05, 0) is 25.7 Å². The summed E-state index contributed by atoms with van der Waals surface area (Å²) >= 11 is 0. The molecule has 1 rings (SSSR count). The minimum Gasteiger partial charge on any atom is -0.311 e. The number of piperidine rings is 1. The highest BCUT2D eigenvalue weighted by Crippen LogP contribution is 2.17. The molecule has 0 aliphatic carbocycles. The minimum atomic E-state index is 0.751.